The van der Waals surface area contributed by atoms with Crippen molar-refractivity contribution in [1.29, 1.82) is 0 Å². The number of pyridine rings is 1. The van der Waals surface area contributed by atoms with Gasteiger partial charge in [-0.3, -0.25) is 4.79 Å². The topological polar surface area (TPSA) is 77.1 Å². The first-order valence-corrected chi connectivity index (χ1v) is 8.81. The Labute approximate surface area is 155 Å². The van der Waals surface area contributed by atoms with Crippen molar-refractivity contribution in [1.82, 2.24) is 19.9 Å². The summed E-state index contributed by atoms with van der Waals surface area (Å²) in [7, 11) is 0. The van der Waals surface area contributed by atoms with Gasteiger partial charge in [0.2, 0.25) is 0 Å². The van der Waals surface area contributed by atoms with Crippen molar-refractivity contribution in [3.63, 3.8) is 0 Å². The molecule has 0 N–H and O–H groups in total. The lowest BCUT2D eigenvalue weighted by atomic mass is 10.1. The Morgan fingerprint density at radius 1 is 1.35 bits per heavy atom. The molecule has 0 bridgehead atoms. The van der Waals surface area contributed by atoms with Gasteiger partial charge in [-0.2, -0.15) is 5.10 Å². The maximum atomic E-state index is 12.5. The fraction of sp³-hybridized carbons (Fsp3) is 0.333. The standard InChI is InChI=1S/C18H18ClN5O2/c1-11-5-6-23(11)14-7-17(25)24(21-9-14)10-15-12(2)26-22-18(15)13-3-4-16(19)20-8-13/h3-4,7-9,11H,5-6,10H2,1-2H3/t11-/m0/s1. The van der Waals surface area contributed by atoms with Crippen molar-refractivity contribution in [2.45, 2.75) is 32.9 Å². The molecule has 0 spiro atoms. The molecule has 1 atom stereocenters. The first kappa shape index (κ1) is 16.8. The average Bonchev–Trinajstić information content (AvgIpc) is 2.97. The summed E-state index contributed by atoms with van der Waals surface area (Å²) < 4.78 is 6.75. The molecule has 3 aromatic rings. The van der Waals surface area contributed by atoms with Gasteiger partial charge in [0.05, 0.1) is 18.4 Å². The van der Waals surface area contributed by atoms with Gasteiger partial charge < -0.3 is 9.42 Å². The van der Waals surface area contributed by atoms with Gasteiger partial charge in [-0.25, -0.2) is 9.67 Å². The molecular formula is C18H18ClN5O2. The predicted molar refractivity (Wildman–Crippen MR) is 98.5 cm³/mol. The molecule has 0 amide bonds. The molecule has 1 saturated heterocycles. The van der Waals surface area contributed by atoms with E-state index in [1.807, 2.05) is 13.0 Å². The van der Waals surface area contributed by atoms with E-state index in [2.05, 4.69) is 27.1 Å². The van der Waals surface area contributed by atoms with Crippen molar-refractivity contribution < 1.29 is 4.52 Å². The highest BCUT2D eigenvalue weighted by Crippen LogP contribution is 2.26. The van der Waals surface area contributed by atoms with Gasteiger partial charge in [0, 0.05) is 36.0 Å². The molecule has 1 aliphatic heterocycles. The van der Waals surface area contributed by atoms with E-state index in [0.717, 1.165) is 29.8 Å². The largest absolute Gasteiger partial charge is 0.367 e. The van der Waals surface area contributed by atoms with Crippen molar-refractivity contribution >= 4 is 17.3 Å². The molecule has 26 heavy (non-hydrogen) atoms. The van der Waals surface area contributed by atoms with E-state index in [0.29, 0.717) is 22.6 Å². The number of aromatic nitrogens is 4. The van der Waals surface area contributed by atoms with Crippen LogP contribution < -0.4 is 10.5 Å². The normalized spacial score (nSPS) is 16.6. The van der Waals surface area contributed by atoms with Crippen LogP contribution in [0, 0.1) is 6.92 Å². The van der Waals surface area contributed by atoms with Crippen LogP contribution in [0.5, 0.6) is 0 Å². The zero-order chi connectivity index (χ0) is 18.3. The first-order chi connectivity index (χ1) is 12.5. The molecule has 3 aromatic heterocycles. The molecule has 7 nitrogen and oxygen atoms in total. The lowest BCUT2D eigenvalue weighted by Crippen LogP contribution is -2.46. The minimum atomic E-state index is -0.151. The number of nitrogens with zero attached hydrogens (tertiary/aromatic N) is 5. The summed E-state index contributed by atoms with van der Waals surface area (Å²) in [6.07, 6.45) is 4.51. The molecule has 1 fully saturated rings. The highest BCUT2D eigenvalue weighted by Gasteiger charge is 2.24. The Hall–Kier alpha value is -2.67. The van der Waals surface area contributed by atoms with E-state index in [-0.39, 0.29) is 12.1 Å². The first-order valence-electron chi connectivity index (χ1n) is 8.44. The third kappa shape index (κ3) is 2.99. The number of hydrogen-bond acceptors (Lipinski definition) is 6. The van der Waals surface area contributed by atoms with Crippen LogP contribution in [-0.2, 0) is 6.54 Å². The van der Waals surface area contributed by atoms with E-state index >= 15 is 0 Å². The highest BCUT2D eigenvalue weighted by atomic mass is 35.5. The molecule has 134 valence electrons. The molecule has 0 aliphatic carbocycles. The third-order valence-electron chi connectivity index (χ3n) is 4.80. The monoisotopic (exact) mass is 371 g/mol. The number of hydrogen-bond donors (Lipinski definition) is 0. The van der Waals surface area contributed by atoms with Crippen LogP contribution in [0.15, 0.2) is 39.9 Å². The molecular weight excluding hydrogens is 354 g/mol. The van der Waals surface area contributed by atoms with Crippen molar-refractivity contribution in [3.05, 3.63) is 57.4 Å². The second-order valence-corrected chi connectivity index (χ2v) is 6.86. The molecule has 8 heteroatoms. The zero-order valence-electron chi connectivity index (χ0n) is 14.5. The zero-order valence-corrected chi connectivity index (χ0v) is 15.3. The van der Waals surface area contributed by atoms with Crippen LogP contribution >= 0.6 is 11.6 Å². The van der Waals surface area contributed by atoms with E-state index in [4.69, 9.17) is 16.1 Å². The van der Waals surface area contributed by atoms with Crippen molar-refractivity contribution in [3.8, 4) is 11.3 Å². The van der Waals surface area contributed by atoms with Gasteiger partial charge in [0.15, 0.2) is 0 Å². The Kier molecular flexibility index (Phi) is 4.24. The fourth-order valence-corrected chi connectivity index (χ4v) is 3.18. The summed E-state index contributed by atoms with van der Waals surface area (Å²) in [4.78, 5) is 18.8. The second-order valence-electron chi connectivity index (χ2n) is 6.48. The number of aryl methyl sites for hydroxylation is 1. The van der Waals surface area contributed by atoms with Crippen molar-refractivity contribution in [2.75, 3.05) is 11.4 Å². The summed E-state index contributed by atoms with van der Waals surface area (Å²) in [5, 5.41) is 8.85. The minimum absolute atomic E-state index is 0.151. The Morgan fingerprint density at radius 2 is 2.19 bits per heavy atom. The summed E-state index contributed by atoms with van der Waals surface area (Å²) in [5.74, 6) is 0.643. The van der Waals surface area contributed by atoms with Gasteiger partial charge in [0.25, 0.3) is 5.56 Å². The van der Waals surface area contributed by atoms with Crippen LogP contribution in [0.2, 0.25) is 5.15 Å². The quantitative estimate of drug-likeness (QED) is 0.656. The van der Waals surface area contributed by atoms with Crippen LogP contribution in [0.25, 0.3) is 11.3 Å². The van der Waals surface area contributed by atoms with E-state index < -0.39 is 0 Å². The van der Waals surface area contributed by atoms with Gasteiger partial charge >= 0.3 is 0 Å². The average molecular weight is 372 g/mol. The minimum Gasteiger partial charge on any atom is -0.367 e. The number of anilines is 1. The van der Waals surface area contributed by atoms with Crippen LogP contribution in [0.3, 0.4) is 0 Å². The Morgan fingerprint density at radius 3 is 2.81 bits per heavy atom. The smallest absolute Gasteiger partial charge is 0.269 e. The maximum Gasteiger partial charge on any atom is 0.269 e. The van der Waals surface area contributed by atoms with Gasteiger partial charge in [-0.05, 0) is 32.4 Å². The summed E-state index contributed by atoms with van der Waals surface area (Å²) in [5.41, 5.74) is 2.94. The fourth-order valence-electron chi connectivity index (χ4n) is 3.07. The molecule has 0 saturated carbocycles. The van der Waals surface area contributed by atoms with E-state index in [1.165, 1.54) is 4.68 Å². The SMILES string of the molecule is Cc1onc(-c2ccc(Cl)nc2)c1Cn1ncc(N2CC[C@@H]2C)cc1=O. The second kappa shape index (κ2) is 6.57. The molecule has 4 rings (SSSR count). The van der Waals surface area contributed by atoms with Crippen LogP contribution in [-0.4, -0.2) is 32.5 Å². The maximum absolute atomic E-state index is 12.5. The molecule has 0 unspecified atom stereocenters. The Bertz CT molecular complexity index is 996. The number of rotatable bonds is 4. The molecule has 4 heterocycles. The van der Waals surface area contributed by atoms with Crippen LogP contribution in [0.1, 0.15) is 24.7 Å². The van der Waals surface area contributed by atoms with Gasteiger partial charge in [-0.15, -0.1) is 0 Å². The van der Waals surface area contributed by atoms with E-state index in [1.54, 1.807) is 24.5 Å². The predicted octanol–water partition coefficient (Wildman–Crippen LogP) is 2.90. The molecule has 0 aromatic carbocycles. The summed E-state index contributed by atoms with van der Waals surface area (Å²) in [6.45, 7) is 5.20. The summed E-state index contributed by atoms with van der Waals surface area (Å²) in [6, 6.07) is 5.60. The highest BCUT2D eigenvalue weighted by molar-refractivity contribution is 6.29. The Balaban J connectivity index is 1.65. The van der Waals surface area contributed by atoms with Gasteiger partial charge in [0.1, 0.15) is 16.6 Å². The van der Waals surface area contributed by atoms with Gasteiger partial charge in [-0.1, -0.05) is 16.8 Å². The number of halogens is 1. The van der Waals surface area contributed by atoms with Crippen LogP contribution in [0.4, 0.5) is 5.69 Å². The van der Waals surface area contributed by atoms with Crippen molar-refractivity contribution in [2.24, 2.45) is 0 Å². The summed E-state index contributed by atoms with van der Waals surface area (Å²) >= 11 is 5.85. The lowest BCUT2D eigenvalue weighted by Gasteiger charge is -2.40. The molecule has 1 aliphatic rings. The third-order valence-corrected chi connectivity index (χ3v) is 5.02. The van der Waals surface area contributed by atoms with E-state index in [9.17, 15) is 4.79 Å². The molecule has 0 radical (unpaired) electrons. The lowest BCUT2D eigenvalue weighted by molar-refractivity contribution is 0.397.